The van der Waals surface area contributed by atoms with Crippen LogP contribution in [0.25, 0.3) is 11.3 Å². The van der Waals surface area contributed by atoms with Gasteiger partial charge in [0.25, 0.3) is 0 Å². The SMILES string of the molecule is N#Cc1cccc(-c2cc(NC3CC3)n[nH]2)c1. The Morgan fingerprint density at radius 2 is 2.24 bits per heavy atom. The van der Waals surface area contributed by atoms with Crippen LogP contribution in [-0.4, -0.2) is 16.2 Å². The number of aromatic nitrogens is 2. The molecule has 0 aliphatic heterocycles. The number of nitriles is 1. The average Bonchev–Trinajstić information content (AvgIpc) is 3.05. The molecule has 1 fully saturated rings. The Bertz CT molecular complexity index is 575. The van der Waals surface area contributed by atoms with Crippen LogP contribution in [0.1, 0.15) is 18.4 Å². The van der Waals surface area contributed by atoms with Crippen molar-refractivity contribution in [3.05, 3.63) is 35.9 Å². The van der Waals surface area contributed by atoms with Crippen molar-refractivity contribution in [2.45, 2.75) is 18.9 Å². The first-order valence-electron chi connectivity index (χ1n) is 5.67. The Morgan fingerprint density at radius 1 is 1.35 bits per heavy atom. The predicted molar refractivity (Wildman–Crippen MR) is 65.4 cm³/mol. The molecule has 3 rings (SSSR count). The van der Waals surface area contributed by atoms with E-state index >= 15 is 0 Å². The van der Waals surface area contributed by atoms with Gasteiger partial charge in [-0.2, -0.15) is 10.4 Å². The molecule has 2 N–H and O–H groups in total. The summed E-state index contributed by atoms with van der Waals surface area (Å²) in [5.74, 6) is 0.880. The molecule has 0 spiro atoms. The summed E-state index contributed by atoms with van der Waals surface area (Å²) in [5.41, 5.74) is 2.58. The number of hydrogen-bond acceptors (Lipinski definition) is 3. The van der Waals surface area contributed by atoms with E-state index < -0.39 is 0 Å². The molecule has 1 saturated carbocycles. The van der Waals surface area contributed by atoms with Crippen LogP contribution in [-0.2, 0) is 0 Å². The molecule has 4 heteroatoms. The maximum Gasteiger partial charge on any atom is 0.148 e. The van der Waals surface area contributed by atoms with Gasteiger partial charge >= 0.3 is 0 Å². The van der Waals surface area contributed by atoms with Gasteiger partial charge in [0.2, 0.25) is 0 Å². The molecule has 2 aromatic rings. The fourth-order valence-electron chi connectivity index (χ4n) is 1.74. The molecule has 0 radical (unpaired) electrons. The summed E-state index contributed by atoms with van der Waals surface area (Å²) >= 11 is 0. The van der Waals surface area contributed by atoms with Crippen LogP contribution in [0.15, 0.2) is 30.3 Å². The number of nitrogens with one attached hydrogen (secondary N) is 2. The lowest BCUT2D eigenvalue weighted by atomic mass is 10.1. The highest BCUT2D eigenvalue weighted by molar-refractivity contribution is 5.64. The lowest BCUT2D eigenvalue weighted by Crippen LogP contribution is -2.00. The Balaban J connectivity index is 1.86. The Kier molecular flexibility index (Phi) is 2.30. The zero-order valence-corrected chi connectivity index (χ0v) is 9.27. The fraction of sp³-hybridized carbons (Fsp3) is 0.231. The van der Waals surface area contributed by atoms with Gasteiger partial charge in [-0.15, -0.1) is 0 Å². The number of rotatable bonds is 3. The van der Waals surface area contributed by atoms with Gasteiger partial charge < -0.3 is 5.32 Å². The summed E-state index contributed by atoms with van der Waals surface area (Å²) in [6.07, 6.45) is 2.46. The van der Waals surface area contributed by atoms with Crippen molar-refractivity contribution in [2.75, 3.05) is 5.32 Å². The van der Waals surface area contributed by atoms with E-state index in [1.807, 2.05) is 24.3 Å². The average molecular weight is 224 g/mol. The van der Waals surface area contributed by atoms with Gasteiger partial charge in [-0.3, -0.25) is 5.10 Å². The smallest absolute Gasteiger partial charge is 0.148 e. The van der Waals surface area contributed by atoms with E-state index in [1.54, 1.807) is 6.07 Å². The highest BCUT2D eigenvalue weighted by atomic mass is 15.2. The van der Waals surface area contributed by atoms with Gasteiger partial charge in [0.15, 0.2) is 0 Å². The number of benzene rings is 1. The van der Waals surface area contributed by atoms with Crippen molar-refractivity contribution in [3.8, 4) is 17.3 Å². The summed E-state index contributed by atoms with van der Waals surface area (Å²) in [7, 11) is 0. The summed E-state index contributed by atoms with van der Waals surface area (Å²) in [5, 5.41) is 19.4. The summed E-state index contributed by atoms with van der Waals surface area (Å²) in [4.78, 5) is 0. The van der Waals surface area contributed by atoms with Crippen LogP contribution in [0.4, 0.5) is 5.82 Å². The number of H-pyrrole nitrogens is 1. The maximum absolute atomic E-state index is 8.85. The minimum Gasteiger partial charge on any atom is -0.366 e. The number of nitrogens with zero attached hydrogens (tertiary/aromatic N) is 2. The van der Waals surface area contributed by atoms with E-state index in [-0.39, 0.29) is 0 Å². The van der Waals surface area contributed by atoms with E-state index in [1.165, 1.54) is 12.8 Å². The molecule has 1 heterocycles. The van der Waals surface area contributed by atoms with Crippen molar-refractivity contribution < 1.29 is 0 Å². The molecule has 1 aromatic carbocycles. The second-order valence-electron chi connectivity index (χ2n) is 4.28. The van der Waals surface area contributed by atoms with Gasteiger partial charge in [-0.25, -0.2) is 0 Å². The van der Waals surface area contributed by atoms with Crippen LogP contribution in [0.2, 0.25) is 0 Å². The second kappa shape index (κ2) is 3.95. The molecule has 1 aromatic heterocycles. The molecule has 1 aliphatic rings. The first kappa shape index (κ1) is 9.91. The summed E-state index contributed by atoms with van der Waals surface area (Å²) in [6, 6.07) is 12.2. The van der Waals surface area contributed by atoms with E-state index in [9.17, 15) is 0 Å². The number of anilines is 1. The zero-order valence-electron chi connectivity index (χ0n) is 9.27. The molecule has 84 valence electrons. The van der Waals surface area contributed by atoms with E-state index in [0.717, 1.165) is 17.1 Å². The standard InChI is InChI=1S/C13H12N4/c14-8-9-2-1-3-10(6-9)12-7-13(17-16-12)15-11-4-5-11/h1-3,6-7,11H,4-5H2,(H2,15,16,17). The minimum atomic E-state index is 0.594. The maximum atomic E-state index is 8.85. The van der Waals surface area contributed by atoms with Crippen LogP contribution in [0.5, 0.6) is 0 Å². The van der Waals surface area contributed by atoms with Crippen molar-refractivity contribution in [2.24, 2.45) is 0 Å². The van der Waals surface area contributed by atoms with Gasteiger partial charge in [0, 0.05) is 17.7 Å². The van der Waals surface area contributed by atoms with Gasteiger partial charge in [0.05, 0.1) is 17.3 Å². The molecule has 17 heavy (non-hydrogen) atoms. The van der Waals surface area contributed by atoms with E-state index in [4.69, 9.17) is 5.26 Å². The number of hydrogen-bond donors (Lipinski definition) is 2. The minimum absolute atomic E-state index is 0.594. The first-order chi connectivity index (χ1) is 8.35. The van der Waals surface area contributed by atoms with E-state index in [0.29, 0.717) is 11.6 Å². The van der Waals surface area contributed by atoms with E-state index in [2.05, 4.69) is 21.6 Å². The molecule has 1 aliphatic carbocycles. The van der Waals surface area contributed by atoms with Gasteiger partial charge in [-0.1, -0.05) is 12.1 Å². The monoisotopic (exact) mass is 224 g/mol. The normalized spacial score (nSPS) is 14.3. The van der Waals surface area contributed by atoms with Crippen LogP contribution >= 0.6 is 0 Å². The zero-order chi connectivity index (χ0) is 11.7. The quantitative estimate of drug-likeness (QED) is 0.842. The molecule has 0 saturated heterocycles. The van der Waals surface area contributed by atoms with Crippen molar-refractivity contribution in [1.29, 1.82) is 5.26 Å². The molecule has 4 nitrogen and oxygen atoms in total. The Hall–Kier alpha value is -2.28. The lowest BCUT2D eigenvalue weighted by Gasteiger charge is -1.97. The van der Waals surface area contributed by atoms with Crippen LogP contribution < -0.4 is 5.32 Å². The molecule has 0 unspecified atom stereocenters. The van der Waals surface area contributed by atoms with Crippen molar-refractivity contribution >= 4 is 5.82 Å². The topological polar surface area (TPSA) is 64.5 Å². The molecule has 0 amide bonds. The largest absolute Gasteiger partial charge is 0.366 e. The third kappa shape index (κ3) is 2.13. The van der Waals surface area contributed by atoms with Crippen LogP contribution in [0, 0.1) is 11.3 Å². The molecule has 0 atom stereocenters. The highest BCUT2D eigenvalue weighted by Gasteiger charge is 2.21. The first-order valence-corrected chi connectivity index (χ1v) is 5.67. The van der Waals surface area contributed by atoms with Crippen LogP contribution in [0.3, 0.4) is 0 Å². The summed E-state index contributed by atoms with van der Waals surface area (Å²) < 4.78 is 0. The van der Waals surface area contributed by atoms with Crippen molar-refractivity contribution in [1.82, 2.24) is 10.2 Å². The highest BCUT2D eigenvalue weighted by Crippen LogP contribution is 2.26. The predicted octanol–water partition coefficient (Wildman–Crippen LogP) is 2.52. The molecular weight excluding hydrogens is 212 g/mol. The third-order valence-electron chi connectivity index (χ3n) is 2.81. The number of aromatic amines is 1. The Labute approximate surface area is 99.3 Å². The molecular formula is C13H12N4. The lowest BCUT2D eigenvalue weighted by molar-refractivity contribution is 1.05. The summed E-state index contributed by atoms with van der Waals surface area (Å²) in [6.45, 7) is 0. The Morgan fingerprint density at radius 3 is 3.00 bits per heavy atom. The third-order valence-corrected chi connectivity index (χ3v) is 2.81. The molecule has 0 bridgehead atoms. The van der Waals surface area contributed by atoms with Crippen molar-refractivity contribution in [3.63, 3.8) is 0 Å². The fourth-order valence-corrected chi connectivity index (χ4v) is 1.74. The van der Waals surface area contributed by atoms with Gasteiger partial charge in [0.1, 0.15) is 5.82 Å². The van der Waals surface area contributed by atoms with Gasteiger partial charge in [-0.05, 0) is 25.0 Å². The second-order valence-corrected chi connectivity index (χ2v) is 4.28.